The standard InChI is InChI=1S/C20H31N3O5S/c1-2-4-19(21)17-6-8-18(9-7-17)28-20(24)5-3-10-22-29(25,26)16-13-23-11-14-27-15-12-23/h6-9,21-22H,2-5,10-16H2,1H3. The van der Waals surface area contributed by atoms with E-state index in [1.54, 1.807) is 24.3 Å². The fourth-order valence-corrected chi connectivity index (χ4v) is 4.01. The Hall–Kier alpha value is -1.81. The van der Waals surface area contributed by atoms with Gasteiger partial charge in [0, 0.05) is 38.3 Å². The molecule has 162 valence electrons. The first-order valence-corrected chi connectivity index (χ1v) is 11.7. The quantitative estimate of drug-likeness (QED) is 0.229. The van der Waals surface area contributed by atoms with E-state index in [4.69, 9.17) is 14.9 Å². The number of nitrogens with zero attached hydrogens (tertiary/aromatic N) is 1. The molecular weight excluding hydrogens is 394 g/mol. The third kappa shape index (κ3) is 9.03. The number of carbonyl (C=O) groups is 1. The molecule has 0 bridgehead atoms. The third-order valence-electron chi connectivity index (χ3n) is 4.59. The molecule has 0 unspecified atom stereocenters. The summed E-state index contributed by atoms with van der Waals surface area (Å²) in [4.78, 5) is 14.0. The lowest BCUT2D eigenvalue weighted by Gasteiger charge is -2.26. The van der Waals surface area contributed by atoms with E-state index in [2.05, 4.69) is 9.62 Å². The molecule has 1 aromatic rings. The topological polar surface area (TPSA) is 109 Å². The van der Waals surface area contributed by atoms with Crippen LogP contribution in [0.1, 0.15) is 38.2 Å². The van der Waals surface area contributed by atoms with Gasteiger partial charge in [-0.2, -0.15) is 0 Å². The zero-order valence-corrected chi connectivity index (χ0v) is 17.8. The van der Waals surface area contributed by atoms with Gasteiger partial charge in [0.25, 0.3) is 0 Å². The largest absolute Gasteiger partial charge is 0.427 e. The Balaban J connectivity index is 1.64. The summed E-state index contributed by atoms with van der Waals surface area (Å²) >= 11 is 0. The molecule has 9 heteroatoms. The molecule has 1 aliphatic rings. The SMILES string of the molecule is CCCC(=N)c1ccc(OC(=O)CCCNS(=O)(=O)CCN2CCOCC2)cc1. The minimum absolute atomic E-state index is 0.0385. The molecule has 1 aromatic carbocycles. The van der Waals surface area contributed by atoms with Crippen molar-refractivity contribution in [1.82, 2.24) is 9.62 Å². The number of benzene rings is 1. The van der Waals surface area contributed by atoms with Crippen molar-refractivity contribution in [1.29, 1.82) is 5.41 Å². The van der Waals surface area contributed by atoms with Crippen molar-refractivity contribution in [2.24, 2.45) is 0 Å². The molecule has 0 amide bonds. The van der Waals surface area contributed by atoms with E-state index in [0.717, 1.165) is 25.1 Å². The van der Waals surface area contributed by atoms with Crippen LogP contribution in [0.15, 0.2) is 24.3 Å². The van der Waals surface area contributed by atoms with Crippen LogP contribution in [0.2, 0.25) is 0 Å². The van der Waals surface area contributed by atoms with Crippen LogP contribution in [0, 0.1) is 5.41 Å². The van der Waals surface area contributed by atoms with Crippen LogP contribution < -0.4 is 9.46 Å². The van der Waals surface area contributed by atoms with Gasteiger partial charge in [0.05, 0.1) is 19.0 Å². The number of sulfonamides is 1. The van der Waals surface area contributed by atoms with Gasteiger partial charge >= 0.3 is 5.97 Å². The van der Waals surface area contributed by atoms with Crippen LogP contribution in [-0.2, 0) is 19.6 Å². The van der Waals surface area contributed by atoms with E-state index in [9.17, 15) is 13.2 Å². The second-order valence-corrected chi connectivity index (χ2v) is 8.92. The van der Waals surface area contributed by atoms with Crippen molar-refractivity contribution in [3.8, 4) is 5.75 Å². The molecule has 0 spiro atoms. The van der Waals surface area contributed by atoms with Crippen molar-refractivity contribution < 1.29 is 22.7 Å². The van der Waals surface area contributed by atoms with Gasteiger partial charge in [-0.05, 0) is 42.7 Å². The number of hydrogen-bond donors (Lipinski definition) is 2. The first-order chi connectivity index (χ1) is 13.9. The van der Waals surface area contributed by atoms with Gasteiger partial charge in [-0.25, -0.2) is 13.1 Å². The Kier molecular flexibility index (Phi) is 9.72. The number of carbonyl (C=O) groups excluding carboxylic acids is 1. The summed E-state index contributed by atoms with van der Waals surface area (Å²) in [5.74, 6) is 0.0552. The van der Waals surface area contributed by atoms with Gasteiger partial charge in [0.15, 0.2) is 0 Å². The lowest BCUT2D eigenvalue weighted by molar-refractivity contribution is -0.134. The molecule has 0 aliphatic carbocycles. The van der Waals surface area contributed by atoms with Crippen LogP contribution in [0.25, 0.3) is 0 Å². The zero-order chi connectivity index (χ0) is 21.1. The van der Waals surface area contributed by atoms with Crippen molar-refractivity contribution in [3.05, 3.63) is 29.8 Å². The molecule has 2 N–H and O–H groups in total. The predicted molar refractivity (Wildman–Crippen MR) is 112 cm³/mol. The summed E-state index contributed by atoms with van der Waals surface area (Å²) in [5, 5.41) is 7.92. The first-order valence-electron chi connectivity index (χ1n) is 10.1. The van der Waals surface area contributed by atoms with Gasteiger partial charge in [0.1, 0.15) is 5.75 Å². The molecule has 1 heterocycles. The monoisotopic (exact) mass is 425 g/mol. The van der Waals surface area contributed by atoms with Crippen molar-refractivity contribution in [2.75, 3.05) is 45.1 Å². The van der Waals surface area contributed by atoms with Gasteiger partial charge < -0.3 is 14.9 Å². The Labute approximate surface area is 173 Å². The molecule has 1 fully saturated rings. The van der Waals surface area contributed by atoms with Crippen LogP contribution in [0.5, 0.6) is 5.75 Å². The predicted octanol–water partition coefficient (Wildman–Crippen LogP) is 1.79. The summed E-state index contributed by atoms with van der Waals surface area (Å²) < 4.78 is 37.1. The summed E-state index contributed by atoms with van der Waals surface area (Å²) in [6, 6.07) is 6.88. The number of ether oxygens (including phenoxy) is 2. The minimum Gasteiger partial charge on any atom is -0.427 e. The van der Waals surface area contributed by atoms with Gasteiger partial charge in [-0.1, -0.05) is 13.3 Å². The fraction of sp³-hybridized carbons (Fsp3) is 0.600. The Morgan fingerprint density at radius 2 is 1.90 bits per heavy atom. The van der Waals surface area contributed by atoms with Crippen LogP contribution in [0.3, 0.4) is 0 Å². The highest BCUT2D eigenvalue weighted by molar-refractivity contribution is 7.89. The number of nitrogens with one attached hydrogen (secondary N) is 2. The molecule has 1 saturated heterocycles. The van der Waals surface area contributed by atoms with Crippen LogP contribution >= 0.6 is 0 Å². The Bertz CT molecular complexity index is 759. The molecule has 0 atom stereocenters. The highest BCUT2D eigenvalue weighted by Gasteiger charge is 2.15. The molecule has 1 aliphatic heterocycles. The fourth-order valence-electron chi connectivity index (χ4n) is 2.91. The van der Waals surface area contributed by atoms with Crippen LogP contribution in [-0.4, -0.2) is 70.1 Å². The van der Waals surface area contributed by atoms with E-state index in [1.807, 2.05) is 6.92 Å². The number of hydrogen-bond acceptors (Lipinski definition) is 7. The molecule has 0 radical (unpaired) electrons. The number of rotatable bonds is 12. The zero-order valence-electron chi connectivity index (χ0n) is 17.0. The second kappa shape index (κ2) is 12.0. The molecule has 2 rings (SSSR count). The lowest BCUT2D eigenvalue weighted by Crippen LogP contribution is -2.41. The van der Waals surface area contributed by atoms with Crippen molar-refractivity contribution in [2.45, 2.75) is 32.6 Å². The third-order valence-corrected chi connectivity index (χ3v) is 5.96. The molecule has 8 nitrogen and oxygen atoms in total. The van der Waals surface area contributed by atoms with E-state index < -0.39 is 16.0 Å². The van der Waals surface area contributed by atoms with Crippen LogP contribution in [0.4, 0.5) is 0 Å². The maximum absolute atomic E-state index is 12.0. The van der Waals surface area contributed by atoms with E-state index in [1.165, 1.54) is 0 Å². The summed E-state index contributed by atoms with van der Waals surface area (Å²) in [7, 11) is -3.36. The van der Waals surface area contributed by atoms with Gasteiger partial charge in [0.2, 0.25) is 10.0 Å². The number of esters is 1. The smallest absolute Gasteiger partial charge is 0.311 e. The van der Waals surface area contributed by atoms with E-state index in [-0.39, 0.29) is 18.7 Å². The summed E-state index contributed by atoms with van der Waals surface area (Å²) in [5.41, 5.74) is 1.38. The minimum atomic E-state index is -3.36. The van der Waals surface area contributed by atoms with E-state index in [0.29, 0.717) is 44.1 Å². The average Bonchev–Trinajstić information content (AvgIpc) is 2.71. The second-order valence-electron chi connectivity index (χ2n) is 7.00. The first kappa shape index (κ1) is 23.5. The van der Waals surface area contributed by atoms with Gasteiger partial charge in [-0.15, -0.1) is 0 Å². The molecular formula is C20H31N3O5S. The average molecular weight is 426 g/mol. The summed E-state index contributed by atoms with van der Waals surface area (Å²) in [6.45, 7) is 5.48. The number of morpholine rings is 1. The molecule has 0 saturated carbocycles. The molecule has 29 heavy (non-hydrogen) atoms. The Morgan fingerprint density at radius 3 is 2.55 bits per heavy atom. The molecule has 0 aromatic heterocycles. The maximum atomic E-state index is 12.0. The lowest BCUT2D eigenvalue weighted by atomic mass is 10.1. The van der Waals surface area contributed by atoms with Crippen molar-refractivity contribution in [3.63, 3.8) is 0 Å². The summed E-state index contributed by atoms with van der Waals surface area (Å²) in [6.07, 6.45) is 2.11. The van der Waals surface area contributed by atoms with Gasteiger partial charge in [-0.3, -0.25) is 9.69 Å². The highest BCUT2D eigenvalue weighted by atomic mass is 32.2. The van der Waals surface area contributed by atoms with Crippen molar-refractivity contribution >= 4 is 21.7 Å². The highest BCUT2D eigenvalue weighted by Crippen LogP contribution is 2.15. The maximum Gasteiger partial charge on any atom is 0.311 e. The Morgan fingerprint density at radius 1 is 1.21 bits per heavy atom. The normalized spacial score (nSPS) is 15.2. The van der Waals surface area contributed by atoms with E-state index >= 15 is 0 Å².